The Labute approximate surface area is 107 Å². The summed E-state index contributed by atoms with van der Waals surface area (Å²) in [7, 11) is 0. The quantitative estimate of drug-likeness (QED) is 0.782. The Kier molecular flexibility index (Phi) is 2.80. The molecule has 2 atom stereocenters. The third-order valence-electron chi connectivity index (χ3n) is 2.64. The third-order valence-corrected chi connectivity index (χ3v) is 4.98. The second kappa shape index (κ2) is 4.31. The van der Waals surface area contributed by atoms with Crippen molar-refractivity contribution in [3.8, 4) is 0 Å². The number of fused-ring (bicyclic) bond motifs is 1. The van der Waals surface area contributed by atoms with E-state index >= 15 is 0 Å². The smallest absolute Gasteiger partial charge is 0.319 e. The molecule has 3 rings (SSSR count). The summed E-state index contributed by atoms with van der Waals surface area (Å²) in [4.78, 5) is 16.0. The maximum atomic E-state index is 11.5. The Bertz CT molecular complexity index is 533. The molecule has 0 saturated carbocycles. The molecule has 1 saturated heterocycles. The molecule has 2 aromatic rings. The van der Waals surface area contributed by atoms with Crippen LogP contribution in [0.3, 0.4) is 0 Å². The van der Waals surface area contributed by atoms with Crippen molar-refractivity contribution in [3.05, 3.63) is 24.3 Å². The lowest BCUT2D eigenvalue weighted by Gasteiger charge is -1.99. The zero-order valence-corrected chi connectivity index (χ0v) is 10.9. The van der Waals surface area contributed by atoms with Crippen LogP contribution in [0.15, 0.2) is 28.6 Å². The van der Waals surface area contributed by atoms with E-state index in [4.69, 9.17) is 4.74 Å². The number of carbonyl (C=O) groups is 1. The molecule has 0 radical (unpaired) electrons. The minimum Gasteiger partial charge on any atom is -0.462 e. The van der Waals surface area contributed by atoms with Gasteiger partial charge in [0, 0.05) is 6.42 Å². The molecule has 0 bridgehead atoms. The number of nitrogens with zero attached hydrogens (tertiary/aromatic N) is 1. The van der Waals surface area contributed by atoms with E-state index in [2.05, 4.69) is 4.98 Å². The molecule has 1 aliphatic heterocycles. The zero-order valence-electron chi connectivity index (χ0n) is 9.25. The Balaban J connectivity index is 1.83. The predicted octanol–water partition coefficient (Wildman–Crippen LogP) is 3.09. The van der Waals surface area contributed by atoms with Crippen molar-refractivity contribution in [1.29, 1.82) is 0 Å². The van der Waals surface area contributed by atoms with Gasteiger partial charge in [-0.05, 0) is 19.1 Å². The average Bonchev–Trinajstić information content (AvgIpc) is 2.82. The van der Waals surface area contributed by atoms with Crippen molar-refractivity contribution in [2.75, 3.05) is 0 Å². The molecule has 2 unspecified atom stereocenters. The van der Waals surface area contributed by atoms with Gasteiger partial charge in [-0.15, -0.1) is 11.3 Å². The maximum absolute atomic E-state index is 11.5. The normalized spacial score (nSPS) is 24.2. The summed E-state index contributed by atoms with van der Waals surface area (Å²) in [6.45, 7) is 1.93. The van der Waals surface area contributed by atoms with Crippen LogP contribution in [0.2, 0.25) is 0 Å². The van der Waals surface area contributed by atoms with Crippen molar-refractivity contribution in [2.45, 2.75) is 29.0 Å². The monoisotopic (exact) mass is 265 g/mol. The van der Waals surface area contributed by atoms with Crippen LogP contribution in [0.4, 0.5) is 0 Å². The van der Waals surface area contributed by atoms with Gasteiger partial charge in [0.2, 0.25) is 0 Å². The summed E-state index contributed by atoms with van der Waals surface area (Å²) in [5.74, 6) is -0.109. The molecule has 1 fully saturated rings. The van der Waals surface area contributed by atoms with Crippen LogP contribution >= 0.6 is 23.1 Å². The van der Waals surface area contributed by atoms with Gasteiger partial charge in [0.1, 0.15) is 11.4 Å². The number of benzene rings is 1. The first kappa shape index (κ1) is 11.0. The molecule has 2 heterocycles. The number of hydrogen-bond donors (Lipinski definition) is 0. The number of ether oxygens (including phenoxy) is 1. The van der Waals surface area contributed by atoms with Gasteiger partial charge in [0.05, 0.1) is 10.2 Å². The van der Waals surface area contributed by atoms with Crippen LogP contribution < -0.4 is 0 Å². The largest absolute Gasteiger partial charge is 0.462 e. The van der Waals surface area contributed by atoms with Crippen LogP contribution in [-0.4, -0.2) is 22.3 Å². The summed E-state index contributed by atoms with van der Waals surface area (Å²) in [6.07, 6.45) is 0.814. The number of thiazole rings is 1. The zero-order chi connectivity index (χ0) is 11.8. The average molecular weight is 265 g/mol. The first-order valence-electron chi connectivity index (χ1n) is 5.45. The van der Waals surface area contributed by atoms with E-state index < -0.39 is 0 Å². The Morgan fingerprint density at radius 1 is 1.47 bits per heavy atom. The topological polar surface area (TPSA) is 39.2 Å². The van der Waals surface area contributed by atoms with Gasteiger partial charge >= 0.3 is 5.97 Å². The van der Waals surface area contributed by atoms with Crippen molar-refractivity contribution >= 4 is 39.3 Å². The molecule has 0 N–H and O–H groups in total. The van der Waals surface area contributed by atoms with E-state index in [-0.39, 0.29) is 17.3 Å². The fraction of sp³-hybridized carbons (Fsp3) is 0.333. The predicted molar refractivity (Wildman–Crippen MR) is 69.4 cm³/mol. The molecule has 0 spiro atoms. The third kappa shape index (κ3) is 2.17. The minimum atomic E-state index is -0.109. The molecule has 1 aromatic carbocycles. The van der Waals surface area contributed by atoms with Gasteiger partial charge in [-0.2, -0.15) is 0 Å². The summed E-state index contributed by atoms with van der Waals surface area (Å²) in [5, 5.41) is -0.0921. The molecule has 5 heteroatoms. The summed E-state index contributed by atoms with van der Waals surface area (Å²) < 4.78 is 7.25. The van der Waals surface area contributed by atoms with Crippen LogP contribution in [0.5, 0.6) is 0 Å². The number of cyclic esters (lactones) is 1. The maximum Gasteiger partial charge on any atom is 0.319 e. The molecule has 88 valence electrons. The highest BCUT2D eigenvalue weighted by molar-refractivity contribution is 8.02. The highest BCUT2D eigenvalue weighted by Gasteiger charge is 2.33. The van der Waals surface area contributed by atoms with Crippen molar-refractivity contribution in [1.82, 2.24) is 4.98 Å². The molecular weight excluding hydrogens is 254 g/mol. The first-order chi connectivity index (χ1) is 8.22. The molecule has 0 aliphatic carbocycles. The van der Waals surface area contributed by atoms with Crippen molar-refractivity contribution in [2.24, 2.45) is 0 Å². The highest BCUT2D eigenvalue weighted by Crippen LogP contribution is 2.36. The highest BCUT2D eigenvalue weighted by atomic mass is 32.2. The van der Waals surface area contributed by atoms with E-state index in [0.29, 0.717) is 0 Å². The number of rotatable bonds is 2. The van der Waals surface area contributed by atoms with E-state index in [1.54, 1.807) is 11.3 Å². The van der Waals surface area contributed by atoms with Crippen molar-refractivity contribution < 1.29 is 9.53 Å². The first-order valence-corrected chi connectivity index (χ1v) is 7.15. The van der Waals surface area contributed by atoms with E-state index in [0.717, 1.165) is 21.0 Å². The number of aromatic nitrogens is 1. The number of hydrogen-bond acceptors (Lipinski definition) is 5. The lowest BCUT2D eigenvalue weighted by atomic mass is 10.3. The molecule has 17 heavy (non-hydrogen) atoms. The number of para-hydroxylation sites is 1. The van der Waals surface area contributed by atoms with Crippen LogP contribution in [0.1, 0.15) is 13.3 Å². The summed E-state index contributed by atoms with van der Waals surface area (Å²) in [6, 6.07) is 8.02. The number of esters is 1. The fourth-order valence-electron chi connectivity index (χ4n) is 1.84. The molecule has 3 nitrogen and oxygen atoms in total. The molecular formula is C12H11NO2S2. The van der Waals surface area contributed by atoms with Crippen LogP contribution in [0.25, 0.3) is 10.2 Å². The van der Waals surface area contributed by atoms with Crippen LogP contribution in [0, 0.1) is 0 Å². The minimum absolute atomic E-state index is 0.0365. The van der Waals surface area contributed by atoms with Gasteiger partial charge in [0.15, 0.2) is 4.34 Å². The number of thioether (sulfide) groups is 1. The lowest BCUT2D eigenvalue weighted by Crippen LogP contribution is -2.08. The van der Waals surface area contributed by atoms with Gasteiger partial charge in [0.25, 0.3) is 0 Å². The second-order valence-corrected chi connectivity index (χ2v) is 6.52. The van der Waals surface area contributed by atoms with E-state index in [1.807, 2.05) is 31.2 Å². The van der Waals surface area contributed by atoms with Gasteiger partial charge in [-0.1, -0.05) is 23.9 Å². The van der Waals surface area contributed by atoms with Crippen LogP contribution in [-0.2, 0) is 9.53 Å². The van der Waals surface area contributed by atoms with Gasteiger partial charge in [-0.3, -0.25) is 4.79 Å². The summed E-state index contributed by atoms with van der Waals surface area (Å²) in [5.41, 5.74) is 0.999. The lowest BCUT2D eigenvalue weighted by molar-refractivity contribution is -0.140. The summed E-state index contributed by atoms with van der Waals surface area (Å²) >= 11 is 3.15. The Morgan fingerprint density at radius 2 is 2.29 bits per heavy atom. The molecule has 1 aromatic heterocycles. The fourth-order valence-corrected chi connectivity index (χ4v) is 4.26. The molecule has 0 amide bonds. The number of carbonyl (C=O) groups excluding carboxylic acids is 1. The standard InChI is InChI=1S/C12H11NO2S2/c1-7-6-10(11(14)15-7)17-12-13-8-4-2-3-5-9(8)16-12/h2-5,7,10H,6H2,1H3. The molecule has 1 aliphatic rings. The van der Waals surface area contributed by atoms with Gasteiger partial charge in [-0.25, -0.2) is 4.98 Å². The van der Waals surface area contributed by atoms with Crippen molar-refractivity contribution in [3.63, 3.8) is 0 Å². The Hall–Kier alpha value is -1.07. The van der Waals surface area contributed by atoms with Gasteiger partial charge < -0.3 is 4.74 Å². The van der Waals surface area contributed by atoms with E-state index in [9.17, 15) is 4.79 Å². The van der Waals surface area contributed by atoms with E-state index in [1.165, 1.54) is 11.8 Å². The SMILES string of the molecule is CC1CC(Sc2nc3ccccc3s2)C(=O)O1. The Morgan fingerprint density at radius 3 is 3.00 bits per heavy atom. The second-order valence-electron chi connectivity index (χ2n) is 4.04.